The summed E-state index contributed by atoms with van der Waals surface area (Å²) in [6.45, 7) is -0.0110. The Labute approximate surface area is 145 Å². The van der Waals surface area contributed by atoms with E-state index in [0.717, 1.165) is 17.1 Å². The lowest BCUT2D eigenvalue weighted by molar-refractivity contribution is -0.137. The molecule has 7 nitrogen and oxygen atoms in total. The third kappa shape index (κ3) is 3.48. The molecule has 0 atom stereocenters. The molecule has 2 aromatic carbocycles. The maximum Gasteiger partial charge on any atom is 0.416 e. The van der Waals surface area contributed by atoms with Gasteiger partial charge in [0.15, 0.2) is 0 Å². The largest absolute Gasteiger partial charge is 0.416 e. The maximum absolute atomic E-state index is 12.6. The molecule has 10 heteroatoms. The van der Waals surface area contributed by atoms with Crippen molar-refractivity contribution < 1.29 is 13.2 Å². The molecule has 4 N–H and O–H groups in total. The molecule has 1 heterocycles. The summed E-state index contributed by atoms with van der Waals surface area (Å²) in [5, 5.41) is 4.51. The molecule has 0 saturated carbocycles. The van der Waals surface area contributed by atoms with Crippen LogP contribution in [0.4, 0.5) is 30.6 Å². The Morgan fingerprint density at radius 1 is 1.04 bits per heavy atom. The summed E-state index contributed by atoms with van der Waals surface area (Å²) >= 11 is 0. The minimum Gasteiger partial charge on any atom is -0.383 e. The average molecular weight is 362 g/mol. The van der Waals surface area contributed by atoms with E-state index in [-0.39, 0.29) is 18.3 Å². The Morgan fingerprint density at radius 2 is 1.73 bits per heavy atom. The van der Waals surface area contributed by atoms with Gasteiger partial charge in [-0.3, -0.25) is 0 Å². The van der Waals surface area contributed by atoms with Crippen LogP contribution in [0.5, 0.6) is 0 Å². The number of aromatic nitrogens is 2. The van der Waals surface area contributed by atoms with Crippen molar-refractivity contribution in [1.82, 2.24) is 9.97 Å². The van der Waals surface area contributed by atoms with E-state index in [4.69, 9.17) is 11.5 Å². The van der Waals surface area contributed by atoms with Crippen molar-refractivity contribution in [3.8, 4) is 0 Å². The highest BCUT2D eigenvalue weighted by molar-refractivity contribution is 5.91. The number of hydrogen-bond acceptors (Lipinski definition) is 6. The number of nitrogen functional groups attached to an aromatic ring is 2. The molecule has 0 aliphatic carbocycles. The molecule has 26 heavy (non-hydrogen) atoms. The molecule has 0 bridgehead atoms. The van der Waals surface area contributed by atoms with Gasteiger partial charge in [-0.05, 0) is 35.9 Å². The SMILES string of the molecule is Nc1nc(N)c2cc(N(Cc3ccc(C(F)(F)F)cc3)N=O)ccc2n1. The minimum absolute atomic E-state index is 0.0110. The molecule has 134 valence electrons. The van der Waals surface area contributed by atoms with Crippen molar-refractivity contribution in [3.63, 3.8) is 0 Å². The third-order valence-corrected chi connectivity index (χ3v) is 3.74. The van der Waals surface area contributed by atoms with Gasteiger partial charge in [0, 0.05) is 5.39 Å². The van der Waals surface area contributed by atoms with Gasteiger partial charge in [-0.15, -0.1) is 4.91 Å². The number of anilines is 3. The minimum atomic E-state index is -4.42. The molecule has 0 amide bonds. The Morgan fingerprint density at radius 3 is 2.35 bits per heavy atom. The Balaban J connectivity index is 1.89. The van der Waals surface area contributed by atoms with E-state index in [0.29, 0.717) is 22.2 Å². The molecule has 0 aliphatic heterocycles. The van der Waals surface area contributed by atoms with E-state index in [1.54, 1.807) is 18.2 Å². The van der Waals surface area contributed by atoms with Crippen molar-refractivity contribution in [1.29, 1.82) is 0 Å². The number of nitrogens with zero attached hydrogens (tertiary/aromatic N) is 4. The Hall–Kier alpha value is -3.43. The molecular formula is C16H13F3N6O. The number of fused-ring (bicyclic) bond motifs is 1. The van der Waals surface area contributed by atoms with E-state index in [1.807, 2.05) is 0 Å². The smallest absolute Gasteiger partial charge is 0.383 e. The van der Waals surface area contributed by atoms with Crippen LogP contribution in [0.15, 0.2) is 47.8 Å². The number of rotatable bonds is 4. The molecule has 0 aliphatic rings. The normalized spacial score (nSPS) is 11.5. The van der Waals surface area contributed by atoms with E-state index in [9.17, 15) is 18.1 Å². The molecule has 0 saturated heterocycles. The second-order valence-corrected chi connectivity index (χ2v) is 5.50. The monoisotopic (exact) mass is 362 g/mol. The first-order valence-electron chi connectivity index (χ1n) is 7.37. The number of halogens is 3. The Kier molecular flexibility index (Phi) is 4.33. The van der Waals surface area contributed by atoms with Gasteiger partial charge in [0.25, 0.3) is 0 Å². The summed E-state index contributed by atoms with van der Waals surface area (Å²) in [4.78, 5) is 19.1. The van der Waals surface area contributed by atoms with Gasteiger partial charge < -0.3 is 11.5 Å². The van der Waals surface area contributed by atoms with E-state index < -0.39 is 11.7 Å². The number of hydrogen-bond donors (Lipinski definition) is 2. The summed E-state index contributed by atoms with van der Waals surface area (Å²) in [6.07, 6.45) is -4.42. The van der Waals surface area contributed by atoms with Crippen molar-refractivity contribution in [2.75, 3.05) is 16.5 Å². The highest BCUT2D eigenvalue weighted by atomic mass is 19.4. The van der Waals surface area contributed by atoms with Crippen LogP contribution in [0.1, 0.15) is 11.1 Å². The van der Waals surface area contributed by atoms with E-state index in [2.05, 4.69) is 15.3 Å². The Bertz CT molecular complexity index is 959. The predicted octanol–water partition coefficient (Wildman–Crippen LogP) is 3.50. The van der Waals surface area contributed by atoms with Crippen LogP contribution in [-0.4, -0.2) is 9.97 Å². The van der Waals surface area contributed by atoms with Crippen molar-refractivity contribution in [2.24, 2.45) is 5.29 Å². The van der Waals surface area contributed by atoms with Crippen LogP contribution in [0.3, 0.4) is 0 Å². The first kappa shape index (κ1) is 17.4. The summed E-state index contributed by atoms with van der Waals surface area (Å²) in [5.74, 6) is 0.174. The van der Waals surface area contributed by atoms with E-state index in [1.165, 1.54) is 12.1 Å². The van der Waals surface area contributed by atoms with Gasteiger partial charge in [0.05, 0.1) is 28.6 Å². The first-order valence-corrected chi connectivity index (χ1v) is 7.37. The van der Waals surface area contributed by atoms with Crippen LogP contribution in [0.2, 0.25) is 0 Å². The van der Waals surface area contributed by atoms with Crippen molar-refractivity contribution in [2.45, 2.75) is 12.7 Å². The predicted molar refractivity (Wildman–Crippen MR) is 91.8 cm³/mol. The zero-order chi connectivity index (χ0) is 18.9. The molecule has 0 spiro atoms. The highest BCUT2D eigenvalue weighted by Gasteiger charge is 2.30. The van der Waals surface area contributed by atoms with Crippen LogP contribution < -0.4 is 16.5 Å². The average Bonchev–Trinajstić information content (AvgIpc) is 2.59. The van der Waals surface area contributed by atoms with Gasteiger partial charge >= 0.3 is 6.18 Å². The van der Waals surface area contributed by atoms with Crippen LogP contribution in [0.25, 0.3) is 10.9 Å². The fourth-order valence-electron chi connectivity index (χ4n) is 2.46. The molecule has 0 fully saturated rings. The quantitative estimate of drug-likeness (QED) is 0.543. The zero-order valence-electron chi connectivity index (χ0n) is 13.2. The number of benzene rings is 2. The summed E-state index contributed by atoms with van der Waals surface area (Å²) < 4.78 is 37.8. The zero-order valence-corrected chi connectivity index (χ0v) is 13.2. The second kappa shape index (κ2) is 6.47. The molecule has 0 radical (unpaired) electrons. The second-order valence-electron chi connectivity index (χ2n) is 5.50. The van der Waals surface area contributed by atoms with Crippen LogP contribution >= 0.6 is 0 Å². The molecular weight excluding hydrogens is 349 g/mol. The van der Waals surface area contributed by atoms with Crippen molar-refractivity contribution >= 4 is 28.4 Å². The molecule has 0 unspecified atom stereocenters. The molecule has 1 aromatic heterocycles. The van der Waals surface area contributed by atoms with Gasteiger partial charge in [0.2, 0.25) is 5.95 Å². The fraction of sp³-hybridized carbons (Fsp3) is 0.125. The summed E-state index contributed by atoms with van der Waals surface area (Å²) in [6, 6.07) is 9.24. The van der Waals surface area contributed by atoms with Crippen LogP contribution in [-0.2, 0) is 12.7 Å². The lowest BCUT2D eigenvalue weighted by Crippen LogP contribution is -2.15. The summed E-state index contributed by atoms with van der Waals surface area (Å²) in [7, 11) is 0. The van der Waals surface area contributed by atoms with Crippen molar-refractivity contribution in [3.05, 3.63) is 58.5 Å². The van der Waals surface area contributed by atoms with E-state index >= 15 is 0 Å². The number of nitroso groups, excluding NO2 is 1. The van der Waals surface area contributed by atoms with Gasteiger partial charge in [-0.2, -0.15) is 18.2 Å². The van der Waals surface area contributed by atoms with Gasteiger partial charge in [-0.25, -0.2) is 9.99 Å². The number of alkyl halides is 3. The maximum atomic E-state index is 12.6. The third-order valence-electron chi connectivity index (χ3n) is 3.74. The highest BCUT2D eigenvalue weighted by Crippen LogP contribution is 2.30. The molecule has 3 rings (SSSR count). The van der Waals surface area contributed by atoms with Crippen LogP contribution in [0, 0.1) is 4.91 Å². The summed E-state index contributed by atoms with van der Waals surface area (Å²) in [5.41, 5.74) is 12.0. The topological polar surface area (TPSA) is 110 Å². The first-order chi connectivity index (χ1) is 12.3. The fourth-order valence-corrected chi connectivity index (χ4v) is 2.46. The van der Waals surface area contributed by atoms with Gasteiger partial charge in [0.1, 0.15) is 5.82 Å². The van der Waals surface area contributed by atoms with Gasteiger partial charge in [-0.1, -0.05) is 12.1 Å². The standard InChI is InChI=1S/C16H13F3N6O/c17-16(18,19)10-3-1-9(2-4-10)8-25(24-26)11-5-6-13-12(7-11)14(20)23-15(21)22-13/h1-7H,8H2,(H4,20,21,22,23). The lowest BCUT2D eigenvalue weighted by Gasteiger charge is -2.16. The molecule has 3 aromatic rings. The lowest BCUT2D eigenvalue weighted by atomic mass is 10.1. The number of nitrogens with two attached hydrogens (primary N) is 2.